The molecule has 0 aliphatic carbocycles. The van der Waals surface area contributed by atoms with Crippen molar-refractivity contribution in [3.8, 4) is 17.2 Å². The van der Waals surface area contributed by atoms with E-state index in [4.69, 9.17) is 32.8 Å². The third-order valence-electron chi connectivity index (χ3n) is 8.82. The molecule has 43 heavy (non-hydrogen) atoms. The molecule has 0 unspecified atom stereocenters. The fourth-order valence-electron chi connectivity index (χ4n) is 4.75. The summed E-state index contributed by atoms with van der Waals surface area (Å²) in [6.45, 7) is 20.4. The number of rotatable bonds is 9. The summed E-state index contributed by atoms with van der Waals surface area (Å²) in [6.07, 6.45) is -0.627. The van der Waals surface area contributed by atoms with Gasteiger partial charge in [0.25, 0.3) is 6.29 Å². The lowest BCUT2D eigenvalue weighted by Gasteiger charge is -2.32. The van der Waals surface area contributed by atoms with Crippen LogP contribution >= 0.6 is 0 Å². The van der Waals surface area contributed by atoms with Gasteiger partial charge in [-0.2, -0.15) is 0 Å². The predicted molar refractivity (Wildman–Crippen MR) is 171 cm³/mol. The Bertz CT molecular complexity index is 1270. The van der Waals surface area contributed by atoms with E-state index < -0.39 is 42.9 Å². The fourth-order valence-corrected chi connectivity index (χ4v) is 4.75. The lowest BCUT2D eigenvalue weighted by atomic mass is 9.79. The maximum Gasteiger partial charge on any atom is 0.494 e. The minimum Gasteiger partial charge on any atom is -0.491 e. The summed E-state index contributed by atoms with van der Waals surface area (Å²) in [5.41, 5.74) is 1.07. The quantitative estimate of drug-likeness (QED) is 0.218. The molecule has 0 N–H and O–H groups in total. The highest BCUT2D eigenvalue weighted by Gasteiger charge is 2.52. The van der Waals surface area contributed by atoms with Crippen molar-refractivity contribution in [2.45, 2.75) is 104 Å². The monoisotopic (exact) mass is 586 g/mol. The van der Waals surface area contributed by atoms with E-state index in [1.165, 1.54) is 0 Å². The first-order valence-corrected chi connectivity index (χ1v) is 15.1. The van der Waals surface area contributed by atoms with Gasteiger partial charge in [-0.25, -0.2) is 0 Å². The lowest BCUT2D eigenvalue weighted by Crippen LogP contribution is -2.41. The minimum absolute atomic E-state index is 0.0825. The molecule has 5 rings (SSSR count). The van der Waals surface area contributed by atoms with Crippen molar-refractivity contribution < 1.29 is 32.8 Å². The zero-order chi connectivity index (χ0) is 31.2. The molecule has 2 fully saturated rings. The van der Waals surface area contributed by atoms with E-state index in [0.717, 1.165) is 22.2 Å². The first-order valence-electron chi connectivity index (χ1n) is 15.1. The van der Waals surface area contributed by atoms with Crippen LogP contribution in [0.15, 0.2) is 72.8 Å². The van der Waals surface area contributed by atoms with Crippen molar-refractivity contribution in [3.05, 3.63) is 78.4 Å². The van der Waals surface area contributed by atoms with E-state index >= 15 is 0 Å². The Hall–Kier alpha value is -2.97. The zero-order valence-electron chi connectivity index (χ0n) is 27.1. The van der Waals surface area contributed by atoms with Crippen LogP contribution in [0.2, 0.25) is 0 Å². The summed E-state index contributed by atoms with van der Waals surface area (Å²) in [4.78, 5) is 0. The van der Waals surface area contributed by atoms with Gasteiger partial charge in [0.05, 0.1) is 28.5 Å². The van der Waals surface area contributed by atoms with Crippen molar-refractivity contribution >= 4 is 25.2 Å². The Kier molecular flexibility index (Phi) is 8.42. The summed E-state index contributed by atoms with van der Waals surface area (Å²) < 4.78 is 43.5. The molecule has 228 valence electrons. The van der Waals surface area contributed by atoms with E-state index in [1.807, 2.05) is 142 Å². The van der Waals surface area contributed by atoms with E-state index in [0.29, 0.717) is 11.5 Å². The zero-order valence-corrected chi connectivity index (χ0v) is 27.1. The van der Waals surface area contributed by atoms with Crippen molar-refractivity contribution in [2.75, 3.05) is 0 Å². The maximum absolute atomic E-state index is 6.42. The molecular weight excluding hydrogens is 542 g/mol. The van der Waals surface area contributed by atoms with Gasteiger partial charge in [0.1, 0.15) is 17.2 Å². The highest BCUT2D eigenvalue weighted by Crippen LogP contribution is 2.38. The Balaban J connectivity index is 1.34. The second-order valence-electron chi connectivity index (χ2n) is 13.6. The molecule has 0 aromatic heterocycles. The highest BCUT2D eigenvalue weighted by atomic mass is 16.7. The number of benzene rings is 3. The first-order chi connectivity index (χ1) is 20.1. The molecule has 3 aromatic rings. The topological polar surface area (TPSA) is 64.6 Å². The van der Waals surface area contributed by atoms with Gasteiger partial charge in [-0.3, -0.25) is 0 Å². The largest absolute Gasteiger partial charge is 0.494 e. The maximum atomic E-state index is 6.42. The summed E-state index contributed by atoms with van der Waals surface area (Å²) >= 11 is 0. The summed E-state index contributed by atoms with van der Waals surface area (Å²) in [5.74, 6) is 2.10. The molecule has 7 nitrogen and oxygen atoms in total. The Morgan fingerprint density at radius 2 is 0.767 bits per heavy atom. The van der Waals surface area contributed by atoms with Crippen LogP contribution in [0.4, 0.5) is 0 Å². The molecule has 2 heterocycles. The molecule has 3 aromatic carbocycles. The van der Waals surface area contributed by atoms with E-state index in [2.05, 4.69) is 0 Å². The summed E-state index contributed by atoms with van der Waals surface area (Å²) in [7, 11) is -0.885. The Morgan fingerprint density at radius 1 is 0.465 bits per heavy atom. The first kappa shape index (κ1) is 31.5. The standard InChI is InChI=1S/C34H44B2O7/c1-23(2)37-27-17-11-24(12-18-27)30(38-28-19-13-25(14-20-28)35-40-31(3,4)32(5,6)41-35)39-29-21-15-26(16-22-29)36-42-33(7,8)34(9,10)43-36/h11-23,30H,1-10H3. The van der Waals surface area contributed by atoms with Crippen LogP contribution in [0.1, 0.15) is 81.1 Å². The molecule has 9 heteroatoms. The number of hydrogen-bond donors (Lipinski definition) is 0. The van der Waals surface area contributed by atoms with E-state index in [1.54, 1.807) is 0 Å². The summed E-state index contributed by atoms with van der Waals surface area (Å²) in [6, 6.07) is 23.3. The van der Waals surface area contributed by atoms with Gasteiger partial charge in [-0.1, -0.05) is 24.3 Å². The van der Waals surface area contributed by atoms with Crippen LogP contribution in [0.25, 0.3) is 0 Å². The van der Waals surface area contributed by atoms with Gasteiger partial charge < -0.3 is 32.8 Å². The average Bonchev–Trinajstić information content (AvgIpc) is 3.28. The van der Waals surface area contributed by atoms with Crippen LogP contribution in [0, 0.1) is 0 Å². The molecule has 2 saturated heterocycles. The Labute approximate surface area is 257 Å². The van der Waals surface area contributed by atoms with E-state index in [-0.39, 0.29) is 6.10 Å². The molecule has 0 spiro atoms. The molecular formula is C34H44B2O7. The van der Waals surface area contributed by atoms with E-state index in [9.17, 15) is 0 Å². The van der Waals surface area contributed by atoms with Crippen LogP contribution in [-0.4, -0.2) is 42.7 Å². The summed E-state index contributed by atoms with van der Waals surface area (Å²) in [5, 5.41) is 0. The smallest absolute Gasteiger partial charge is 0.491 e. The van der Waals surface area contributed by atoms with Crippen molar-refractivity contribution in [1.82, 2.24) is 0 Å². The number of hydrogen-bond acceptors (Lipinski definition) is 7. The van der Waals surface area contributed by atoms with Crippen LogP contribution in [0.3, 0.4) is 0 Å². The second-order valence-corrected chi connectivity index (χ2v) is 13.6. The molecule has 2 aliphatic heterocycles. The normalized spacial score (nSPS) is 20.1. The predicted octanol–water partition coefficient (Wildman–Crippen LogP) is 6.23. The van der Waals surface area contributed by atoms with Gasteiger partial charge in [0.15, 0.2) is 0 Å². The molecule has 0 bridgehead atoms. The van der Waals surface area contributed by atoms with Gasteiger partial charge >= 0.3 is 14.2 Å². The van der Waals surface area contributed by atoms with Crippen molar-refractivity contribution in [1.29, 1.82) is 0 Å². The van der Waals surface area contributed by atoms with Crippen LogP contribution < -0.4 is 25.1 Å². The third kappa shape index (κ3) is 6.75. The molecule has 2 aliphatic rings. The van der Waals surface area contributed by atoms with Gasteiger partial charge in [-0.05, 0) is 129 Å². The lowest BCUT2D eigenvalue weighted by molar-refractivity contribution is 0.00380. The third-order valence-corrected chi connectivity index (χ3v) is 8.82. The molecule has 0 saturated carbocycles. The molecule has 0 amide bonds. The van der Waals surface area contributed by atoms with Crippen molar-refractivity contribution in [2.24, 2.45) is 0 Å². The van der Waals surface area contributed by atoms with Gasteiger partial charge in [-0.15, -0.1) is 0 Å². The van der Waals surface area contributed by atoms with Crippen LogP contribution in [-0.2, 0) is 18.6 Å². The minimum atomic E-state index is -0.710. The highest BCUT2D eigenvalue weighted by molar-refractivity contribution is 6.62. The molecule has 0 atom stereocenters. The SMILES string of the molecule is CC(C)Oc1ccc(C(Oc2ccc(B3OC(C)(C)C(C)(C)O3)cc2)Oc2ccc(B3OC(C)(C)C(C)(C)O3)cc2)cc1. The van der Waals surface area contributed by atoms with Gasteiger partial charge in [0, 0.05) is 5.56 Å². The van der Waals surface area contributed by atoms with Crippen molar-refractivity contribution in [3.63, 3.8) is 0 Å². The average molecular weight is 586 g/mol. The van der Waals surface area contributed by atoms with Gasteiger partial charge in [0.2, 0.25) is 0 Å². The number of ether oxygens (including phenoxy) is 3. The fraction of sp³-hybridized carbons (Fsp3) is 0.471. The molecule has 0 radical (unpaired) electrons. The second kappa shape index (κ2) is 11.5. The van der Waals surface area contributed by atoms with Crippen LogP contribution in [0.5, 0.6) is 17.2 Å². The Morgan fingerprint density at radius 3 is 1.09 bits per heavy atom.